The zero-order valence-electron chi connectivity index (χ0n) is 11.7. The first-order chi connectivity index (χ1) is 9.61. The molecule has 0 saturated heterocycles. The Morgan fingerprint density at radius 3 is 2.80 bits per heavy atom. The van der Waals surface area contributed by atoms with Crippen molar-refractivity contribution in [1.82, 2.24) is 10.3 Å². The van der Waals surface area contributed by atoms with Crippen molar-refractivity contribution in [2.75, 3.05) is 6.54 Å². The number of hydrogen-bond donors (Lipinski definition) is 1. The van der Waals surface area contributed by atoms with Crippen molar-refractivity contribution in [1.29, 1.82) is 0 Å². The van der Waals surface area contributed by atoms with Crippen LogP contribution in [0.3, 0.4) is 0 Å². The average Bonchev–Trinajstić information content (AvgIpc) is 2.42. The van der Waals surface area contributed by atoms with E-state index in [0.29, 0.717) is 17.0 Å². The van der Waals surface area contributed by atoms with Gasteiger partial charge in [0.05, 0.1) is 0 Å². The normalized spacial score (nSPS) is 12.4. The maximum atomic E-state index is 13.9. The van der Waals surface area contributed by atoms with Crippen LogP contribution in [0.2, 0.25) is 5.02 Å². The highest BCUT2D eigenvalue weighted by Gasteiger charge is 2.16. The number of pyridine rings is 1. The molecule has 0 spiro atoms. The van der Waals surface area contributed by atoms with Gasteiger partial charge in [-0.2, -0.15) is 0 Å². The summed E-state index contributed by atoms with van der Waals surface area (Å²) in [6.45, 7) is 4.82. The van der Waals surface area contributed by atoms with E-state index in [2.05, 4.69) is 10.3 Å². The van der Waals surface area contributed by atoms with Gasteiger partial charge in [-0.15, -0.1) is 0 Å². The smallest absolute Gasteiger partial charge is 0.127 e. The Hall–Kier alpha value is -1.45. The van der Waals surface area contributed by atoms with Crippen molar-refractivity contribution in [3.05, 3.63) is 64.2 Å². The predicted molar refractivity (Wildman–Crippen MR) is 80.5 cm³/mol. The molecule has 4 heteroatoms. The monoisotopic (exact) mass is 292 g/mol. The van der Waals surface area contributed by atoms with E-state index in [9.17, 15) is 4.39 Å². The molecule has 2 rings (SSSR count). The number of halogens is 2. The van der Waals surface area contributed by atoms with Gasteiger partial charge >= 0.3 is 0 Å². The van der Waals surface area contributed by atoms with Gasteiger partial charge in [0.25, 0.3) is 0 Å². The summed E-state index contributed by atoms with van der Waals surface area (Å²) in [6, 6.07) is 8.81. The Morgan fingerprint density at radius 1 is 1.35 bits per heavy atom. The van der Waals surface area contributed by atoms with Crippen LogP contribution in [0.1, 0.15) is 29.8 Å². The minimum absolute atomic E-state index is 0.0457. The van der Waals surface area contributed by atoms with E-state index in [1.54, 1.807) is 18.3 Å². The molecule has 1 unspecified atom stereocenters. The molecule has 0 aliphatic heterocycles. The van der Waals surface area contributed by atoms with Gasteiger partial charge in [-0.1, -0.05) is 30.7 Å². The summed E-state index contributed by atoms with van der Waals surface area (Å²) in [4.78, 5) is 4.31. The SMILES string of the molecule is CCNC(Cc1ccc(Cl)cc1F)c1cccnc1C. The van der Waals surface area contributed by atoms with Crippen molar-refractivity contribution in [2.24, 2.45) is 0 Å². The molecule has 0 aliphatic carbocycles. The highest BCUT2D eigenvalue weighted by molar-refractivity contribution is 6.30. The van der Waals surface area contributed by atoms with Crippen molar-refractivity contribution in [3.8, 4) is 0 Å². The second-order valence-electron chi connectivity index (χ2n) is 4.73. The molecule has 0 radical (unpaired) electrons. The highest BCUT2D eigenvalue weighted by atomic mass is 35.5. The zero-order chi connectivity index (χ0) is 14.5. The molecular weight excluding hydrogens is 275 g/mol. The Balaban J connectivity index is 2.28. The van der Waals surface area contributed by atoms with Crippen LogP contribution in [0.25, 0.3) is 0 Å². The molecule has 106 valence electrons. The summed E-state index contributed by atoms with van der Waals surface area (Å²) in [6.07, 6.45) is 2.34. The number of likely N-dealkylation sites (N-methyl/N-ethyl adjacent to an activating group) is 1. The van der Waals surface area contributed by atoms with Gasteiger partial charge in [-0.25, -0.2) is 4.39 Å². The fourth-order valence-corrected chi connectivity index (χ4v) is 2.47. The minimum Gasteiger partial charge on any atom is -0.310 e. The van der Waals surface area contributed by atoms with Gasteiger partial charge in [0.2, 0.25) is 0 Å². The van der Waals surface area contributed by atoms with E-state index in [0.717, 1.165) is 17.8 Å². The van der Waals surface area contributed by atoms with Gasteiger partial charge in [-0.3, -0.25) is 4.98 Å². The largest absolute Gasteiger partial charge is 0.310 e. The molecule has 2 nitrogen and oxygen atoms in total. The first-order valence-corrected chi connectivity index (χ1v) is 7.08. The predicted octanol–water partition coefficient (Wildman–Crippen LogP) is 4.08. The fourth-order valence-electron chi connectivity index (χ4n) is 2.31. The molecule has 1 heterocycles. The topological polar surface area (TPSA) is 24.9 Å². The molecule has 1 N–H and O–H groups in total. The van der Waals surface area contributed by atoms with Crippen molar-refractivity contribution in [3.63, 3.8) is 0 Å². The molecule has 20 heavy (non-hydrogen) atoms. The molecule has 0 fully saturated rings. The van der Waals surface area contributed by atoms with E-state index in [1.807, 2.05) is 26.0 Å². The van der Waals surface area contributed by atoms with Crippen LogP contribution >= 0.6 is 11.6 Å². The summed E-state index contributed by atoms with van der Waals surface area (Å²) in [5.41, 5.74) is 2.72. The lowest BCUT2D eigenvalue weighted by atomic mass is 9.97. The van der Waals surface area contributed by atoms with Crippen LogP contribution in [0, 0.1) is 12.7 Å². The van der Waals surface area contributed by atoms with Gasteiger partial charge < -0.3 is 5.32 Å². The molecule has 0 saturated carbocycles. The van der Waals surface area contributed by atoms with Crippen molar-refractivity contribution in [2.45, 2.75) is 26.3 Å². The maximum Gasteiger partial charge on any atom is 0.127 e. The van der Waals surface area contributed by atoms with Crippen molar-refractivity contribution < 1.29 is 4.39 Å². The number of nitrogens with one attached hydrogen (secondary N) is 1. The number of aryl methyl sites for hydroxylation is 1. The Kier molecular flexibility index (Phi) is 5.10. The number of aromatic nitrogens is 1. The molecular formula is C16H18ClFN2. The number of hydrogen-bond acceptors (Lipinski definition) is 2. The van der Waals surface area contributed by atoms with Crippen LogP contribution < -0.4 is 5.32 Å². The summed E-state index contributed by atoms with van der Waals surface area (Å²) in [7, 11) is 0. The Labute approximate surface area is 124 Å². The third kappa shape index (κ3) is 3.56. The summed E-state index contributed by atoms with van der Waals surface area (Å²) < 4.78 is 13.9. The standard InChI is InChI=1S/C16H18ClFN2/c1-3-19-16(14-5-4-8-20-11(14)2)9-12-6-7-13(17)10-15(12)18/h4-8,10,16,19H,3,9H2,1-2H3. The van der Waals surface area contributed by atoms with E-state index in [4.69, 9.17) is 11.6 Å². The summed E-state index contributed by atoms with van der Waals surface area (Å²) in [5.74, 6) is -0.262. The van der Waals surface area contributed by atoms with Crippen LogP contribution in [-0.4, -0.2) is 11.5 Å². The van der Waals surface area contributed by atoms with E-state index in [1.165, 1.54) is 6.07 Å². The number of rotatable bonds is 5. The van der Waals surface area contributed by atoms with E-state index < -0.39 is 0 Å². The maximum absolute atomic E-state index is 13.9. The molecule has 0 amide bonds. The zero-order valence-corrected chi connectivity index (χ0v) is 12.4. The molecule has 0 aliphatic rings. The third-order valence-electron chi connectivity index (χ3n) is 3.31. The van der Waals surface area contributed by atoms with Gasteiger partial charge in [0.15, 0.2) is 0 Å². The van der Waals surface area contributed by atoms with Gasteiger partial charge in [-0.05, 0) is 49.2 Å². The summed E-state index contributed by atoms with van der Waals surface area (Å²) >= 11 is 5.79. The first kappa shape index (κ1) is 14.9. The molecule has 1 aromatic heterocycles. The Morgan fingerprint density at radius 2 is 2.15 bits per heavy atom. The van der Waals surface area contributed by atoms with Crippen molar-refractivity contribution >= 4 is 11.6 Å². The lowest BCUT2D eigenvalue weighted by molar-refractivity contribution is 0.524. The molecule has 2 aromatic rings. The van der Waals surface area contributed by atoms with E-state index in [-0.39, 0.29) is 11.9 Å². The average molecular weight is 293 g/mol. The Bertz CT molecular complexity index is 586. The highest BCUT2D eigenvalue weighted by Crippen LogP contribution is 2.23. The van der Waals surface area contributed by atoms with Crippen LogP contribution in [-0.2, 0) is 6.42 Å². The first-order valence-electron chi connectivity index (χ1n) is 6.70. The third-order valence-corrected chi connectivity index (χ3v) is 3.55. The summed E-state index contributed by atoms with van der Waals surface area (Å²) in [5, 5.41) is 3.81. The van der Waals surface area contributed by atoms with Crippen LogP contribution in [0.15, 0.2) is 36.5 Å². The lowest BCUT2D eigenvalue weighted by Crippen LogP contribution is -2.24. The van der Waals surface area contributed by atoms with Gasteiger partial charge in [0, 0.05) is 23.0 Å². The van der Waals surface area contributed by atoms with Gasteiger partial charge in [0.1, 0.15) is 5.82 Å². The molecule has 1 aromatic carbocycles. The lowest BCUT2D eigenvalue weighted by Gasteiger charge is -2.20. The molecule has 1 atom stereocenters. The van der Waals surface area contributed by atoms with E-state index >= 15 is 0 Å². The minimum atomic E-state index is -0.262. The fraction of sp³-hybridized carbons (Fsp3) is 0.312. The molecule has 0 bridgehead atoms. The quantitative estimate of drug-likeness (QED) is 0.898. The van der Waals surface area contributed by atoms with Crippen LogP contribution in [0.5, 0.6) is 0 Å². The van der Waals surface area contributed by atoms with Crippen LogP contribution in [0.4, 0.5) is 4.39 Å². The second-order valence-corrected chi connectivity index (χ2v) is 5.16. The second kappa shape index (κ2) is 6.82. The number of benzene rings is 1. The number of nitrogens with zero attached hydrogens (tertiary/aromatic N) is 1.